The van der Waals surface area contributed by atoms with Crippen LogP contribution < -0.4 is 0 Å². The highest BCUT2D eigenvalue weighted by molar-refractivity contribution is 7.26. The number of fused-ring (bicyclic) bond motifs is 6. The van der Waals surface area contributed by atoms with Crippen molar-refractivity contribution in [3.05, 3.63) is 223 Å². The van der Waals surface area contributed by atoms with Crippen molar-refractivity contribution in [3.8, 4) is 50.2 Å². The van der Waals surface area contributed by atoms with E-state index in [1.807, 2.05) is 11.3 Å². The van der Waals surface area contributed by atoms with Crippen LogP contribution in [0.3, 0.4) is 0 Å². The van der Waals surface area contributed by atoms with Crippen LogP contribution in [0.5, 0.6) is 0 Å². The minimum atomic E-state index is 0.332. The van der Waals surface area contributed by atoms with Gasteiger partial charge in [-0.3, -0.25) is 0 Å². The fourth-order valence-corrected chi connectivity index (χ4v) is 11.0. The second-order valence-corrected chi connectivity index (χ2v) is 17.4. The lowest BCUT2D eigenvalue weighted by atomic mass is 9.79. The molecule has 0 saturated heterocycles. The monoisotopic (exact) mass is 799 g/mol. The van der Waals surface area contributed by atoms with Gasteiger partial charge in [0, 0.05) is 42.2 Å². The Bertz CT molecular complexity index is 3390. The van der Waals surface area contributed by atoms with Gasteiger partial charge in [0.1, 0.15) is 0 Å². The van der Waals surface area contributed by atoms with Crippen molar-refractivity contribution in [2.45, 2.75) is 32.6 Å². The first-order valence-corrected chi connectivity index (χ1v) is 22.3. The summed E-state index contributed by atoms with van der Waals surface area (Å²) in [6, 6.07) is 76.6. The minimum Gasteiger partial charge on any atom is -0.309 e. The van der Waals surface area contributed by atoms with E-state index in [-0.39, 0.29) is 0 Å². The predicted molar refractivity (Wildman–Crippen MR) is 263 cm³/mol. The van der Waals surface area contributed by atoms with Crippen LogP contribution in [0.25, 0.3) is 92.2 Å². The van der Waals surface area contributed by atoms with E-state index in [1.165, 1.54) is 109 Å². The molecule has 2 heterocycles. The van der Waals surface area contributed by atoms with Crippen LogP contribution in [0.2, 0.25) is 0 Å². The molecular formula is C59H45NS. The third-order valence-corrected chi connectivity index (χ3v) is 14.0. The van der Waals surface area contributed by atoms with Gasteiger partial charge in [-0.15, -0.1) is 11.3 Å². The molecule has 11 rings (SSSR count). The highest BCUT2D eigenvalue weighted by Crippen LogP contribution is 2.46. The van der Waals surface area contributed by atoms with Gasteiger partial charge in [-0.1, -0.05) is 177 Å². The van der Waals surface area contributed by atoms with E-state index in [2.05, 4.69) is 225 Å². The van der Waals surface area contributed by atoms with Gasteiger partial charge >= 0.3 is 0 Å². The Balaban J connectivity index is 1.16. The van der Waals surface area contributed by atoms with Crippen LogP contribution in [0.15, 0.2) is 206 Å². The highest BCUT2D eigenvalue weighted by Gasteiger charge is 2.23. The Morgan fingerprint density at radius 1 is 0.443 bits per heavy atom. The van der Waals surface area contributed by atoms with E-state index < -0.39 is 0 Å². The smallest absolute Gasteiger partial charge is 0.0547 e. The van der Waals surface area contributed by atoms with Gasteiger partial charge in [-0.2, -0.15) is 0 Å². The molecule has 0 amide bonds. The fourth-order valence-electron chi connectivity index (χ4n) is 9.78. The molecule has 0 aliphatic heterocycles. The van der Waals surface area contributed by atoms with Gasteiger partial charge in [0.05, 0.1) is 11.0 Å². The van der Waals surface area contributed by atoms with Crippen molar-refractivity contribution in [1.82, 2.24) is 4.57 Å². The van der Waals surface area contributed by atoms with Gasteiger partial charge in [-0.05, 0) is 118 Å². The molecular weight excluding hydrogens is 755 g/mol. The Hall–Kier alpha value is -7.00. The molecule has 292 valence electrons. The summed E-state index contributed by atoms with van der Waals surface area (Å²) in [5.74, 6) is 0.332. The molecule has 0 spiro atoms. The lowest BCUT2D eigenvalue weighted by molar-refractivity contribution is 0.663. The average molecular weight is 800 g/mol. The number of para-hydroxylation sites is 1. The molecule has 2 heteroatoms. The van der Waals surface area contributed by atoms with Crippen LogP contribution in [0.1, 0.15) is 36.0 Å². The summed E-state index contributed by atoms with van der Waals surface area (Å²) < 4.78 is 5.15. The minimum absolute atomic E-state index is 0.332. The average Bonchev–Trinajstić information content (AvgIpc) is 3.86. The topological polar surface area (TPSA) is 4.93 Å². The summed E-state index contributed by atoms with van der Waals surface area (Å²) in [5, 5.41) is 5.11. The Kier molecular flexibility index (Phi) is 9.44. The highest BCUT2D eigenvalue weighted by atomic mass is 32.1. The third-order valence-electron chi connectivity index (χ3n) is 12.8. The van der Waals surface area contributed by atoms with E-state index in [0.29, 0.717) is 5.92 Å². The largest absolute Gasteiger partial charge is 0.309 e. The zero-order valence-electron chi connectivity index (χ0n) is 34.5. The number of nitrogens with zero attached hydrogens (tertiary/aromatic N) is 1. The van der Waals surface area contributed by atoms with E-state index in [0.717, 1.165) is 12.8 Å². The molecule has 0 saturated carbocycles. The van der Waals surface area contributed by atoms with Gasteiger partial charge in [-0.25, -0.2) is 0 Å². The number of aryl methyl sites for hydroxylation is 1. The molecule has 0 bridgehead atoms. The van der Waals surface area contributed by atoms with E-state index in [1.54, 1.807) is 0 Å². The second-order valence-electron chi connectivity index (χ2n) is 16.4. The molecule has 1 unspecified atom stereocenters. The van der Waals surface area contributed by atoms with Crippen LogP contribution in [-0.4, -0.2) is 4.57 Å². The molecule has 1 nitrogen and oxygen atoms in total. The molecule has 0 fully saturated rings. The van der Waals surface area contributed by atoms with Crippen LogP contribution in [0.4, 0.5) is 0 Å². The number of aromatic nitrogens is 1. The summed E-state index contributed by atoms with van der Waals surface area (Å²) in [6.45, 7) is 4.60. The summed E-state index contributed by atoms with van der Waals surface area (Å²) in [7, 11) is 0. The van der Waals surface area contributed by atoms with Gasteiger partial charge in [0.2, 0.25) is 0 Å². The molecule has 0 aliphatic rings. The third kappa shape index (κ3) is 6.56. The number of thiophene rings is 1. The molecule has 2 aromatic heterocycles. The fraction of sp³-hybridized carbons (Fsp3) is 0.0847. The van der Waals surface area contributed by atoms with E-state index in [9.17, 15) is 0 Å². The second kappa shape index (κ2) is 15.6. The van der Waals surface area contributed by atoms with Crippen LogP contribution in [0, 0.1) is 6.92 Å². The first-order valence-electron chi connectivity index (χ1n) is 21.5. The maximum absolute atomic E-state index is 2.52. The molecule has 11 aromatic rings. The van der Waals surface area contributed by atoms with Gasteiger partial charge in [0.15, 0.2) is 0 Å². The van der Waals surface area contributed by atoms with Crippen molar-refractivity contribution < 1.29 is 0 Å². The zero-order valence-corrected chi connectivity index (χ0v) is 35.3. The van der Waals surface area contributed by atoms with Gasteiger partial charge < -0.3 is 4.57 Å². The molecule has 1 atom stereocenters. The Morgan fingerprint density at radius 2 is 1.08 bits per heavy atom. The molecule has 0 radical (unpaired) electrons. The molecule has 61 heavy (non-hydrogen) atoms. The summed E-state index contributed by atoms with van der Waals surface area (Å²) >= 11 is 1.90. The van der Waals surface area contributed by atoms with Gasteiger partial charge in [0.25, 0.3) is 0 Å². The first-order chi connectivity index (χ1) is 30.1. The maximum Gasteiger partial charge on any atom is 0.0547 e. The normalized spacial score (nSPS) is 12.2. The number of hydrogen-bond donors (Lipinski definition) is 0. The van der Waals surface area contributed by atoms with Crippen molar-refractivity contribution >= 4 is 53.3 Å². The summed E-state index contributed by atoms with van der Waals surface area (Å²) in [6.07, 6.45) is 2.02. The van der Waals surface area contributed by atoms with Crippen LogP contribution >= 0.6 is 11.3 Å². The predicted octanol–water partition coefficient (Wildman–Crippen LogP) is 16.9. The number of rotatable bonds is 9. The van der Waals surface area contributed by atoms with Crippen molar-refractivity contribution in [2.75, 3.05) is 0 Å². The quantitative estimate of drug-likeness (QED) is 0.137. The SMILES string of the molecule is CCC(Cc1ccccc1)c1c(-c2ccc3c4ccccc4n(-c4cc(-c5cccc(-c6ccccc6)c5)c5sc6ccccc6c5c4)c3c2)cccc1-c1ccccc1C. The van der Waals surface area contributed by atoms with Crippen molar-refractivity contribution in [3.63, 3.8) is 0 Å². The number of hydrogen-bond acceptors (Lipinski definition) is 1. The summed E-state index contributed by atoms with van der Waals surface area (Å²) in [4.78, 5) is 0. The molecule has 9 aromatic carbocycles. The Labute approximate surface area is 361 Å². The summed E-state index contributed by atoms with van der Waals surface area (Å²) in [5.41, 5.74) is 17.8. The first kappa shape index (κ1) is 37.0. The lowest BCUT2D eigenvalue weighted by Crippen LogP contribution is -2.07. The lowest BCUT2D eigenvalue weighted by Gasteiger charge is -2.24. The Morgan fingerprint density at radius 3 is 1.92 bits per heavy atom. The molecule has 0 aliphatic carbocycles. The maximum atomic E-state index is 2.52. The zero-order chi connectivity index (χ0) is 40.9. The standard InChI is InChI=1S/C59H45NS/c1-3-41(34-40-19-6-4-7-20-40)58-48(28-17-29-52(58)47-25-11-10-18-39(47)2)45-32-33-50-49-26-12-14-30-55(49)60(56(50)36-45)46-37-53(59-54(38-46)51-27-13-15-31-57(51)61-59)44-24-16-23-43(35-44)42-21-8-5-9-22-42/h4-33,35-38,41H,3,34H2,1-2H3. The van der Waals surface area contributed by atoms with E-state index >= 15 is 0 Å². The number of benzene rings is 9. The van der Waals surface area contributed by atoms with Crippen LogP contribution in [-0.2, 0) is 6.42 Å². The molecule has 0 N–H and O–H groups in total. The van der Waals surface area contributed by atoms with Crippen molar-refractivity contribution in [1.29, 1.82) is 0 Å². The van der Waals surface area contributed by atoms with Crippen molar-refractivity contribution in [2.24, 2.45) is 0 Å². The van der Waals surface area contributed by atoms with E-state index in [4.69, 9.17) is 0 Å².